The van der Waals surface area contributed by atoms with Crippen molar-refractivity contribution in [3.8, 4) is 5.75 Å². The van der Waals surface area contributed by atoms with Gasteiger partial charge in [0.25, 0.3) is 0 Å². The normalized spacial score (nSPS) is 11.0. The van der Waals surface area contributed by atoms with E-state index in [1.807, 2.05) is 62.4 Å². The van der Waals surface area contributed by atoms with Gasteiger partial charge in [-0.1, -0.05) is 63.7 Å². The Labute approximate surface area is 249 Å². The molecule has 4 aromatic rings. The number of methoxy groups -OCH3 is 1. The second-order valence-corrected chi connectivity index (χ2v) is 11.3. The Balaban J connectivity index is 0.00000114. The van der Waals surface area contributed by atoms with E-state index in [0.29, 0.717) is 23.9 Å². The van der Waals surface area contributed by atoms with Crippen LogP contribution in [0.25, 0.3) is 10.8 Å². The number of nitrogens with one attached hydrogen (secondary N) is 2. The van der Waals surface area contributed by atoms with Crippen molar-refractivity contribution in [2.75, 3.05) is 50.4 Å². The molecule has 0 saturated heterocycles. The lowest BCUT2D eigenvalue weighted by Gasteiger charge is -2.27. The van der Waals surface area contributed by atoms with Gasteiger partial charge in [0, 0.05) is 23.7 Å². The highest BCUT2D eigenvalue weighted by atomic mass is 16.5. The SMILES string of the molecule is C=C(Nc1ccc(Cc2ccnc(NCC=O)n2)c2ccccc12)N(N)c1cc(C(C)(C)C)ccc1OC.CN(C)C. The number of nitrogens with two attached hydrogens (primary N) is 1. The Hall–Kier alpha value is -4.47. The highest BCUT2D eigenvalue weighted by Gasteiger charge is 2.19. The molecule has 0 fully saturated rings. The zero-order chi connectivity index (χ0) is 30.9. The molecule has 4 rings (SSSR count). The summed E-state index contributed by atoms with van der Waals surface area (Å²) in [4.78, 5) is 21.4. The summed E-state index contributed by atoms with van der Waals surface area (Å²) < 4.78 is 5.58. The lowest BCUT2D eigenvalue weighted by Crippen LogP contribution is -2.33. The van der Waals surface area contributed by atoms with E-state index in [4.69, 9.17) is 10.6 Å². The first-order valence-electron chi connectivity index (χ1n) is 13.7. The molecule has 9 nitrogen and oxygen atoms in total. The number of anilines is 3. The van der Waals surface area contributed by atoms with Gasteiger partial charge in [0.1, 0.15) is 23.5 Å². The number of nitrogens with zero attached hydrogens (tertiary/aromatic N) is 4. The zero-order valence-electron chi connectivity index (χ0n) is 25.7. The zero-order valence-corrected chi connectivity index (χ0v) is 25.7. The van der Waals surface area contributed by atoms with Gasteiger partial charge in [-0.2, -0.15) is 0 Å². The number of aldehydes is 1. The first kappa shape index (κ1) is 32.0. The molecule has 3 aromatic carbocycles. The molecule has 1 aromatic heterocycles. The van der Waals surface area contributed by atoms with Crippen LogP contribution in [0.15, 0.2) is 79.3 Å². The lowest BCUT2D eigenvalue weighted by atomic mass is 9.87. The highest BCUT2D eigenvalue weighted by Crippen LogP contribution is 2.35. The van der Waals surface area contributed by atoms with E-state index >= 15 is 0 Å². The van der Waals surface area contributed by atoms with Gasteiger partial charge < -0.3 is 25.1 Å². The summed E-state index contributed by atoms with van der Waals surface area (Å²) in [6, 6.07) is 20.1. The van der Waals surface area contributed by atoms with Crippen molar-refractivity contribution in [2.24, 2.45) is 5.84 Å². The summed E-state index contributed by atoms with van der Waals surface area (Å²) in [7, 11) is 7.63. The fourth-order valence-corrected chi connectivity index (χ4v) is 4.24. The summed E-state index contributed by atoms with van der Waals surface area (Å²) in [5.41, 5.74) is 4.66. The van der Waals surface area contributed by atoms with Crippen molar-refractivity contribution in [2.45, 2.75) is 32.6 Å². The van der Waals surface area contributed by atoms with E-state index in [0.717, 1.165) is 45.3 Å². The first-order chi connectivity index (χ1) is 19.9. The van der Waals surface area contributed by atoms with Crippen LogP contribution in [0.3, 0.4) is 0 Å². The largest absolute Gasteiger partial charge is 0.495 e. The standard InChI is InChI=1S/C30H34N6O2.C3H9N/c1-20(36(31)27-19-22(30(2,3)4)11-13-28(27)38-5)34-26-12-10-21(24-8-6-7-9-25(24)26)18-23-14-15-32-29(35-23)33-16-17-37;1-4(2)3/h6-15,17,19,34H,1,16,18,31H2,2-5H3,(H,32,33,35);1-3H3. The number of hydrogen-bond acceptors (Lipinski definition) is 9. The number of ether oxygens (including phenoxy) is 1. The molecule has 1 heterocycles. The number of hydrogen-bond donors (Lipinski definition) is 3. The molecule has 9 heteroatoms. The minimum Gasteiger partial charge on any atom is -0.495 e. The molecule has 0 amide bonds. The summed E-state index contributed by atoms with van der Waals surface area (Å²) in [6.45, 7) is 10.8. The van der Waals surface area contributed by atoms with Crippen LogP contribution in [-0.2, 0) is 16.6 Å². The predicted octanol–water partition coefficient (Wildman–Crippen LogP) is 5.58. The molecular weight excluding hydrogens is 526 g/mol. The number of carbonyl (C=O) groups excluding carboxylic acids is 1. The van der Waals surface area contributed by atoms with Crippen molar-refractivity contribution < 1.29 is 9.53 Å². The van der Waals surface area contributed by atoms with E-state index in [9.17, 15) is 4.79 Å². The van der Waals surface area contributed by atoms with Crippen molar-refractivity contribution in [3.05, 3.63) is 96.1 Å². The smallest absolute Gasteiger partial charge is 0.223 e. The fraction of sp³-hybridized carbons (Fsp3) is 0.303. The van der Waals surface area contributed by atoms with Crippen molar-refractivity contribution in [1.29, 1.82) is 0 Å². The van der Waals surface area contributed by atoms with Gasteiger partial charge in [-0.05, 0) is 67.3 Å². The highest BCUT2D eigenvalue weighted by molar-refractivity contribution is 5.97. The van der Waals surface area contributed by atoms with Gasteiger partial charge in [0.05, 0.1) is 19.3 Å². The predicted molar refractivity (Wildman–Crippen MR) is 174 cm³/mol. The van der Waals surface area contributed by atoms with Gasteiger partial charge in [0.2, 0.25) is 5.95 Å². The summed E-state index contributed by atoms with van der Waals surface area (Å²) in [6.07, 6.45) is 3.08. The maximum Gasteiger partial charge on any atom is 0.223 e. The molecule has 0 atom stereocenters. The maximum atomic E-state index is 10.7. The maximum absolute atomic E-state index is 10.7. The van der Waals surface area contributed by atoms with E-state index in [1.54, 1.807) is 13.3 Å². The summed E-state index contributed by atoms with van der Waals surface area (Å²) >= 11 is 0. The van der Waals surface area contributed by atoms with Gasteiger partial charge >= 0.3 is 0 Å². The number of rotatable bonds is 10. The molecule has 0 aliphatic heterocycles. The Morgan fingerprint density at radius 3 is 2.38 bits per heavy atom. The molecule has 0 bridgehead atoms. The van der Waals surface area contributed by atoms with Gasteiger partial charge in [-0.25, -0.2) is 15.8 Å². The number of fused-ring (bicyclic) bond motifs is 1. The van der Waals surface area contributed by atoms with Crippen LogP contribution in [0.4, 0.5) is 17.3 Å². The second-order valence-electron chi connectivity index (χ2n) is 11.3. The van der Waals surface area contributed by atoms with Crippen molar-refractivity contribution >= 4 is 34.4 Å². The monoisotopic (exact) mass is 569 g/mol. The molecule has 0 radical (unpaired) electrons. The minimum absolute atomic E-state index is 0.0440. The Morgan fingerprint density at radius 2 is 1.74 bits per heavy atom. The topological polar surface area (TPSA) is 109 Å². The van der Waals surface area contributed by atoms with Crippen LogP contribution in [0.2, 0.25) is 0 Å². The van der Waals surface area contributed by atoms with E-state index in [1.165, 1.54) is 5.01 Å². The third kappa shape index (κ3) is 8.52. The molecule has 42 heavy (non-hydrogen) atoms. The third-order valence-electron chi connectivity index (χ3n) is 6.32. The summed E-state index contributed by atoms with van der Waals surface area (Å²) in [5.74, 6) is 8.15. The minimum atomic E-state index is -0.0440. The average molecular weight is 570 g/mol. The number of aromatic nitrogens is 2. The molecule has 0 aliphatic carbocycles. The van der Waals surface area contributed by atoms with Crippen LogP contribution in [0.5, 0.6) is 5.75 Å². The Kier molecular flexibility index (Phi) is 11.0. The fourth-order valence-electron chi connectivity index (χ4n) is 4.24. The quantitative estimate of drug-likeness (QED) is 0.128. The molecule has 222 valence electrons. The van der Waals surface area contributed by atoms with Crippen molar-refractivity contribution in [1.82, 2.24) is 14.9 Å². The summed E-state index contributed by atoms with van der Waals surface area (Å²) in [5, 5.41) is 9.93. The van der Waals surface area contributed by atoms with Crippen LogP contribution >= 0.6 is 0 Å². The van der Waals surface area contributed by atoms with Crippen LogP contribution < -0.4 is 26.2 Å². The first-order valence-corrected chi connectivity index (χ1v) is 13.7. The molecule has 0 aliphatic rings. The Bertz CT molecular complexity index is 1510. The molecule has 0 spiro atoms. The van der Waals surface area contributed by atoms with E-state index in [2.05, 4.69) is 72.2 Å². The van der Waals surface area contributed by atoms with E-state index in [-0.39, 0.29) is 12.0 Å². The van der Waals surface area contributed by atoms with Gasteiger partial charge in [-0.15, -0.1) is 0 Å². The molecular formula is C33H43N7O2. The Morgan fingerprint density at radius 1 is 1.05 bits per heavy atom. The number of hydrazine groups is 1. The third-order valence-corrected chi connectivity index (χ3v) is 6.32. The molecule has 0 saturated carbocycles. The van der Waals surface area contributed by atoms with Gasteiger partial charge in [-0.3, -0.25) is 5.01 Å². The lowest BCUT2D eigenvalue weighted by molar-refractivity contribution is -0.106. The van der Waals surface area contributed by atoms with Crippen LogP contribution in [0, 0.1) is 0 Å². The van der Waals surface area contributed by atoms with Crippen LogP contribution in [-0.4, -0.2) is 56.0 Å². The van der Waals surface area contributed by atoms with Crippen LogP contribution in [0.1, 0.15) is 37.6 Å². The number of carbonyl (C=O) groups is 1. The molecule has 0 unspecified atom stereocenters. The molecule has 4 N–H and O–H groups in total. The van der Waals surface area contributed by atoms with E-state index < -0.39 is 0 Å². The number of benzene rings is 3. The second kappa shape index (κ2) is 14.4. The average Bonchev–Trinajstić information content (AvgIpc) is 2.96. The van der Waals surface area contributed by atoms with Gasteiger partial charge in [0.15, 0.2) is 0 Å². The van der Waals surface area contributed by atoms with Crippen molar-refractivity contribution in [3.63, 3.8) is 0 Å².